The van der Waals surface area contributed by atoms with E-state index < -0.39 is 8.24 Å². The van der Waals surface area contributed by atoms with Crippen LogP contribution in [0.3, 0.4) is 0 Å². The fourth-order valence-electron chi connectivity index (χ4n) is 1.49. The van der Waals surface area contributed by atoms with E-state index in [9.17, 15) is 4.79 Å². The molecule has 0 atom stereocenters. The molecule has 1 amide bonds. The molecule has 0 aromatic carbocycles. The van der Waals surface area contributed by atoms with Crippen LogP contribution in [0.4, 0.5) is 0 Å². The molecule has 0 spiro atoms. The highest BCUT2D eigenvalue weighted by molar-refractivity contribution is 6.77. The molecule has 76 valence electrons. The van der Waals surface area contributed by atoms with Gasteiger partial charge >= 0.3 is 0 Å². The third-order valence-electron chi connectivity index (χ3n) is 1.76. The van der Waals surface area contributed by atoms with E-state index in [2.05, 4.69) is 38.5 Å². The van der Waals surface area contributed by atoms with Crippen molar-refractivity contribution in [2.45, 2.75) is 39.9 Å². The molecule has 0 bridgehead atoms. The largest absolute Gasteiger partial charge is 0.378 e. The quantitative estimate of drug-likeness (QED) is 0.547. The summed E-state index contributed by atoms with van der Waals surface area (Å²) in [5.74, 6) is 0.657. The molecule has 0 aromatic heterocycles. The van der Waals surface area contributed by atoms with Gasteiger partial charge in [-0.1, -0.05) is 33.5 Å². The van der Waals surface area contributed by atoms with Gasteiger partial charge in [0.1, 0.15) is 0 Å². The van der Waals surface area contributed by atoms with Gasteiger partial charge in [-0.05, 0) is 18.9 Å². The van der Waals surface area contributed by atoms with Crippen molar-refractivity contribution in [3.63, 3.8) is 0 Å². The predicted octanol–water partition coefficient (Wildman–Crippen LogP) is 2.54. The molecule has 0 heterocycles. The van der Waals surface area contributed by atoms with Gasteiger partial charge in [0.2, 0.25) is 5.91 Å². The Morgan fingerprint density at radius 3 is 2.23 bits per heavy atom. The lowest BCUT2D eigenvalue weighted by molar-refractivity contribution is -0.116. The zero-order chi connectivity index (χ0) is 10.6. The SMILES string of the molecule is C=C(C)C(=O)N[Si](C)(C)CC(C)C. The first kappa shape index (κ1) is 12.4. The van der Waals surface area contributed by atoms with E-state index in [1.54, 1.807) is 6.92 Å². The van der Waals surface area contributed by atoms with Gasteiger partial charge in [0.15, 0.2) is 8.24 Å². The van der Waals surface area contributed by atoms with Gasteiger partial charge in [0.05, 0.1) is 0 Å². The number of amides is 1. The summed E-state index contributed by atoms with van der Waals surface area (Å²) in [5.41, 5.74) is 0.601. The van der Waals surface area contributed by atoms with Crippen molar-refractivity contribution < 1.29 is 4.79 Å². The van der Waals surface area contributed by atoms with Crippen LogP contribution >= 0.6 is 0 Å². The Kier molecular flexibility index (Phi) is 4.40. The minimum absolute atomic E-state index is 0.0114. The molecule has 0 rings (SSSR count). The summed E-state index contributed by atoms with van der Waals surface area (Å²) in [6.45, 7) is 14.1. The van der Waals surface area contributed by atoms with Gasteiger partial charge in [0, 0.05) is 5.57 Å². The number of carbonyl (C=O) groups is 1. The number of carbonyl (C=O) groups excluding carboxylic acids is 1. The molecule has 0 fully saturated rings. The fourth-order valence-corrected chi connectivity index (χ4v) is 4.46. The molecule has 0 aromatic rings. The van der Waals surface area contributed by atoms with Crippen LogP contribution in [0.1, 0.15) is 20.8 Å². The van der Waals surface area contributed by atoms with Gasteiger partial charge in [0.25, 0.3) is 0 Å². The highest BCUT2D eigenvalue weighted by Crippen LogP contribution is 2.13. The molecule has 2 nitrogen and oxygen atoms in total. The van der Waals surface area contributed by atoms with Gasteiger partial charge < -0.3 is 4.98 Å². The smallest absolute Gasteiger partial charge is 0.238 e. The van der Waals surface area contributed by atoms with E-state index in [-0.39, 0.29) is 5.91 Å². The Morgan fingerprint density at radius 1 is 1.46 bits per heavy atom. The van der Waals surface area contributed by atoms with Crippen LogP contribution in [0.25, 0.3) is 0 Å². The van der Waals surface area contributed by atoms with E-state index in [0.29, 0.717) is 11.5 Å². The van der Waals surface area contributed by atoms with Crippen molar-refractivity contribution in [3.8, 4) is 0 Å². The maximum absolute atomic E-state index is 11.4. The van der Waals surface area contributed by atoms with Crippen LogP contribution in [-0.2, 0) is 4.79 Å². The zero-order valence-electron chi connectivity index (χ0n) is 9.40. The number of hydrogen-bond acceptors (Lipinski definition) is 1. The third-order valence-corrected chi connectivity index (χ3v) is 4.50. The molecule has 0 aliphatic rings. The minimum atomic E-state index is -1.55. The Bertz CT molecular complexity index is 209. The second-order valence-electron chi connectivity index (χ2n) is 4.72. The molecule has 1 N–H and O–H groups in total. The molecule has 0 aliphatic heterocycles. The van der Waals surface area contributed by atoms with Crippen LogP contribution in [0.15, 0.2) is 12.2 Å². The Labute approximate surface area is 82.5 Å². The van der Waals surface area contributed by atoms with Crippen LogP contribution in [0, 0.1) is 5.92 Å². The summed E-state index contributed by atoms with van der Waals surface area (Å²) < 4.78 is 0. The maximum atomic E-state index is 11.4. The van der Waals surface area contributed by atoms with Crippen molar-refractivity contribution in [1.29, 1.82) is 0 Å². The molecule has 0 saturated carbocycles. The van der Waals surface area contributed by atoms with E-state index in [0.717, 1.165) is 6.04 Å². The second kappa shape index (κ2) is 4.60. The first-order chi connectivity index (χ1) is 5.74. The van der Waals surface area contributed by atoms with Crippen molar-refractivity contribution >= 4 is 14.1 Å². The summed E-state index contributed by atoms with van der Waals surface area (Å²) in [5, 5.41) is 0. The van der Waals surface area contributed by atoms with Crippen LogP contribution < -0.4 is 4.98 Å². The van der Waals surface area contributed by atoms with Gasteiger partial charge in [-0.25, -0.2) is 0 Å². The first-order valence-electron chi connectivity index (χ1n) is 4.72. The average Bonchev–Trinajstić information content (AvgIpc) is 1.81. The lowest BCUT2D eigenvalue weighted by atomic mass is 10.3. The van der Waals surface area contributed by atoms with Crippen molar-refractivity contribution in [1.82, 2.24) is 4.98 Å². The molecule has 0 saturated heterocycles. The lowest BCUT2D eigenvalue weighted by Gasteiger charge is -2.25. The van der Waals surface area contributed by atoms with Crippen molar-refractivity contribution in [2.24, 2.45) is 5.92 Å². The Morgan fingerprint density at radius 2 is 1.92 bits per heavy atom. The molecule has 3 heteroatoms. The van der Waals surface area contributed by atoms with Crippen molar-refractivity contribution in [2.75, 3.05) is 0 Å². The summed E-state index contributed by atoms with van der Waals surface area (Å²) in [6.07, 6.45) is 0. The second-order valence-corrected chi connectivity index (χ2v) is 9.14. The predicted molar refractivity (Wildman–Crippen MR) is 60.1 cm³/mol. The standard InChI is InChI=1S/C10H21NOSi/c1-8(2)7-13(5,6)11-10(12)9(3)4/h8H,3,7H2,1-2,4-6H3,(H,11,12). The highest BCUT2D eigenvalue weighted by atomic mass is 28.3. The zero-order valence-corrected chi connectivity index (χ0v) is 10.4. The average molecular weight is 199 g/mol. The first-order valence-corrected chi connectivity index (χ1v) is 7.93. The van der Waals surface area contributed by atoms with Gasteiger partial charge in [-0.2, -0.15) is 0 Å². The third kappa shape index (κ3) is 5.63. The van der Waals surface area contributed by atoms with Crippen LogP contribution in [-0.4, -0.2) is 14.1 Å². The van der Waals surface area contributed by atoms with E-state index in [1.165, 1.54) is 0 Å². The van der Waals surface area contributed by atoms with E-state index in [1.807, 2.05) is 0 Å². The van der Waals surface area contributed by atoms with Crippen LogP contribution in [0.5, 0.6) is 0 Å². The lowest BCUT2D eigenvalue weighted by Crippen LogP contribution is -2.49. The number of rotatable bonds is 4. The Balaban J connectivity index is 4.16. The normalized spacial score (nSPS) is 11.5. The molecular weight excluding hydrogens is 178 g/mol. The molecule has 0 radical (unpaired) electrons. The van der Waals surface area contributed by atoms with E-state index in [4.69, 9.17) is 0 Å². The topological polar surface area (TPSA) is 29.1 Å². The van der Waals surface area contributed by atoms with Gasteiger partial charge in [-0.3, -0.25) is 4.79 Å². The summed E-state index contributed by atoms with van der Waals surface area (Å²) in [7, 11) is -1.55. The van der Waals surface area contributed by atoms with Gasteiger partial charge in [-0.15, -0.1) is 0 Å². The fraction of sp³-hybridized carbons (Fsp3) is 0.700. The van der Waals surface area contributed by atoms with E-state index >= 15 is 0 Å². The summed E-state index contributed by atoms with van der Waals surface area (Å²) in [4.78, 5) is 14.5. The summed E-state index contributed by atoms with van der Waals surface area (Å²) in [6, 6.07) is 1.12. The monoisotopic (exact) mass is 199 g/mol. The molecule has 13 heavy (non-hydrogen) atoms. The molecular formula is C10H21NOSi. The Hall–Kier alpha value is -0.573. The molecule has 0 aliphatic carbocycles. The number of hydrogen-bond donors (Lipinski definition) is 1. The molecule has 0 unspecified atom stereocenters. The maximum Gasteiger partial charge on any atom is 0.238 e. The van der Waals surface area contributed by atoms with Crippen LogP contribution in [0.2, 0.25) is 19.1 Å². The van der Waals surface area contributed by atoms with Crippen molar-refractivity contribution in [3.05, 3.63) is 12.2 Å². The highest BCUT2D eigenvalue weighted by Gasteiger charge is 2.24. The number of nitrogens with one attached hydrogen (secondary N) is 1. The minimum Gasteiger partial charge on any atom is -0.378 e. The summed E-state index contributed by atoms with van der Waals surface area (Å²) >= 11 is 0.